The minimum Gasteiger partial charge on any atom is -0.353 e. The molecule has 0 N–H and O–H groups in total. The molecule has 0 spiro atoms. The zero-order valence-corrected chi connectivity index (χ0v) is 14.3. The molecular formula is C14H18Br2O3. The van der Waals surface area contributed by atoms with E-state index in [1.54, 1.807) is 7.11 Å². The number of hydrogen-bond donors (Lipinski definition) is 0. The molecule has 4 aliphatic rings. The lowest BCUT2D eigenvalue weighted by atomic mass is 9.51. The molecule has 3 fully saturated rings. The number of ether oxygens (including phenoxy) is 2. The predicted molar refractivity (Wildman–Crippen MR) is 79.4 cm³/mol. The lowest BCUT2D eigenvalue weighted by molar-refractivity contribution is -0.364. The molecule has 1 saturated carbocycles. The number of ketones is 1. The monoisotopic (exact) mass is 392 g/mol. The van der Waals surface area contributed by atoms with Gasteiger partial charge in [-0.3, -0.25) is 4.79 Å². The first-order valence-electron chi connectivity index (χ1n) is 6.65. The highest BCUT2D eigenvalue weighted by Gasteiger charge is 2.70. The molecule has 2 heterocycles. The Kier molecular flexibility index (Phi) is 3.29. The third-order valence-corrected chi connectivity index (χ3v) is 6.82. The molecule has 2 aliphatic carbocycles. The summed E-state index contributed by atoms with van der Waals surface area (Å²) < 4.78 is 12.9. The minimum absolute atomic E-state index is 0.0867. The van der Waals surface area contributed by atoms with Crippen LogP contribution in [0.2, 0.25) is 0 Å². The summed E-state index contributed by atoms with van der Waals surface area (Å²) in [6.07, 6.45) is 5.82. The van der Waals surface area contributed by atoms with Crippen molar-refractivity contribution in [2.75, 3.05) is 12.4 Å². The zero-order valence-electron chi connectivity index (χ0n) is 11.2. The summed E-state index contributed by atoms with van der Waals surface area (Å²) in [7, 11) is 1.69. The molecule has 0 aromatic carbocycles. The third kappa shape index (κ3) is 1.59. The van der Waals surface area contributed by atoms with Crippen molar-refractivity contribution in [2.24, 2.45) is 11.3 Å². The van der Waals surface area contributed by atoms with E-state index in [-0.39, 0.29) is 11.2 Å². The molecule has 3 nitrogen and oxygen atoms in total. The van der Waals surface area contributed by atoms with Crippen LogP contribution in [0.15, 0.2) is 10.6 Å². The molecule has 106 valence electrons. The second-order valence-corrected chi connectivity index (χ2v) is 7.48. The standard InChI is InChI=1S/C14H18Br2O3/c1-12-5-6-13(18-2)7-9(12)3-4-10(16)14(12,19-13)11(17)8-15/h4,9H,3,5-8H2,1-2H3/t9-,12+,13?,14+/m1/s1. The van der Waals surface area contributed by atoms with Gasteiger partial charge in [0.25, 0.3) is 0 Å². The van der Waals surface area contributed by atoms with E-state index in [1.807, 2.05) is 0 Å². The maximum Gasteiger partial charge on any atom is 0.180 e. The van der Waals surface area contributed by atoms with Gasteiger partial charge < -0.3 is 9.47 Å². The van der Waals surface area contributed by atoms with Gasteiger partial charge >= 0.3 is 0 Å². The summed E-state index contributed by atoms with van der Waals surface area (Å²) in [5, 5.41) is 0.304. The van der Waals surface area contributed by atoms with E-state index < -0.39 is 11.4 Å². The molecule has 2 aliphatic heterocycles. The van der Waals surface area contributed by atoms with Crippen LogP contribution in [0.5, 0.6) is 0 Å². The fourth-order valence-corrected chi connectivity index (χ4v) is 5.53. The van der Waals surface area contributed by atoms with Crippen molar-refractivity contribution in [3.05, 3.63) is 10.6 Å². The predicted octanol–water partition coefficient (Wildman–Crippen LogP) is 3.55. The lowest BCUT2D eigenvalue weighted by Crippen LogP contribution is -2.72. The number of alkyl halides is 1. The van der Waals surface area contributed by atoms with Gasteiger partial charge in [0.1, 0.15) is 0 Å². The van der Waals surface area contributed by atoms with E-state index in [9.17, 15) is 4.79 Å². The maximum absolute atomic E-state index is 12.7. The molecule has 4 atom stereocenters. The van der Waals surface area contributed by atoms with Crippen LogP contribution in [0.25, 0.3) is 0 Å². The molecule has 0 radical (unpaired) electrons. The van der Waals surface area contributed by atoms with E-state index in [0.29, 0.717) is 11.2 Å². The van der Waals surface area contributed by atoms with Crippen LogP contribution in [-0.4, -0.2) is 29.6 Å². The van der Waals surface area contributed by atoms with Gasteiger partial charge in [-0.2, -0.15) is 0 Å². The molecule has 19 heavy (non-hydrogen) atoms. The van der Waals surface area contributed by atoms with Crippen LogP contribution in [0.3, 0.4) is 0 Å². The second-order valence-electron chi connectivity index (χ2n) is 6.06. The smallest absolute Gasteiger partial charge is 0.180 e. The molecule has 0 aromatic heterocycles. The molecule has 4 bridgehead atoms. The fraction of sp³-hybridized carbons (Fsp3) is 0.786. The van der Waals surface area contributed by atoms with Crippen molar-refractivity contribution < 1.29 is 14.3 Å². The van der Waals surface area contributed by atoms with Crippen molar-refractivity contribution in [1.29, 1.82) is 0 Å². The quantitative estimate of drug-likeness (QED) is 0.687. The number of rotatable bonds is 3. The number of carbonyl (C=O) groups is 1. The van der Waals surface area contributed by atoms with Gasteiger partial charge in [0.05, 0.1) is 5.33 Å². The average Bonchev–Trinajstić information content (AvgIpc) is 2.42. The Bertz CT molecular complexity index is 464. The van der Waals surface area contributed by atoms with Gasteiger partial charge in [0.2, 0.25) is 0 Å². The van der Waals surface area contributed by atoms with Crippen LogP contribution in [-0.2, 0) is 14.3 Å². The van der Waals surface area contributed by atoms with Crippen LogP contribution in [0, 0.1) is 11.3 Å². The number of halogens is 2. The number of Topliss-reactive ketones (excluding diaryl/α,β-unsaturated/α-hetero) is 1. The number of allylic oxidation sites excluding steroid dienone is 1. The van der Waals surface area contributed by atoms with Gasteiger partial charge in [-0.25, -0.2) is 0 Å². The van der Waals surface area contributed by atoms with E-state index in [1.165, 1.54) is 0 Å². The Morgan fingerprint density at radius 3 is 2.95 bits per heavy atom. The summed E-state index contributed by atoms with van der Waals surface area (Å²) in [4.78, 5) is 12.7. The molecule has 2 saturated heterocycles. The molecule has 4 rings (SSSR count). The molecule has 0 aromatic rings. The number of methoxy groups -OCH3 is 1. The van der Waals surface area contributed by atoms with Gasteiger partial charge in [0, 0.05) is 29.8 Å². The Hall–Kier alpha value is 0.290. The van der Waals surface area contributed by atoms with Gasteiger partial charge in [0.15, 0.2) is 17.2 Å². The Labute approximate surface area is 130 Å². The number of hydrogen-bond acceptors (Lipinski definition) is 3. The van der Waals surface area contributed by atoms with Crippen molar-refractivity contribution >= 4 is 37.6 Å². The third-order valence-electron chi connectivity index (χ3n) is 5.43. The minimum atomic E-state index is -0.869. The van der Waals surface area contributed by atoms with E-state index in [2.05, 4.69) is 44.9 Å². The highest BCUT2D eigenvalue weighted by atomic mass is 79.9. The largest absolute Gasteiger partial charge is 0.353 e. The molecular weight excluding hydrogens is 376 g/mol. The van der Waals surface area contributed by atoms with Crippen molar-refractivity contribution in [2.45, 2.75) is 44.0 Å². The topological polar surface area (TPSA) is 35.5 Å². The number of fused-ring (bicyclic) bond motifs is 1. The van der Waals surface area contributed by atoms with Gasteiger partial charge in [-0.1, -0.05) is 44.9 Å². The first kappa shape index (κ1) is 14.2. The first-order chi connectivity index (χ1) is 8.94. The molecule has 1 unspecified atom stereocenters. The van der Waals surface area contributed by atoms with Crippen LogP contribution >= 0.6 is 31.9 Å². The van der Waals surface area contributed by atoms with Gasteiger partial charge in [-0.05, 0) is 18.8 Å². The normalized spacial score (nSPS) is 48.0. The first-order valence-corrected chi connectivity index (χ1v) is 8.56. The van der Waals surface area contributed by atoms with E-state index in [4.69, 9.17) is 9.47 Å². The van der Waals surface area contributed by atoms with Gasteiger partial charge in [-0.15, -0.1) is 0 Å². The summed E-state index contributed by atoms with van der Waals surface area (Å²) in [5.41, 5.74) is -1.00. The van der Waals surface area contributed by atoms with Crippen molar-refractivity contribution in [1.82, 2.24) is 0 Å². The SMILES string of the molecule is COC12CC[C@@]3(C)[C@H](CC=C(Br)[C@@]3(C(=O)CBr)O1)C2. The summed E-state index contributed by atoms with van der Waals surface area (Å²) in [6, 6.07) is 0. The number of carbonyl (C=O) groups excluding carboxylic acids is 1. The summed E-state index contributed by atoms with van der Waals surface area (Å²) in [6.45, 7) is 2.20. The Morgan fingerprint density at radius 2 is 2.32 bits per heavy atom. The van der Waals surface area contributed by atoms with Crippen molar-refractivity contribution in [3.8, 4) is 0 Å². The Morgan fingerprint density at radius 1 is 1.58 bits per heavy atom. The fourth-order valence-electron chi connectivity index (χ4n) is 4.19. The molecule has 5 heteroatoms. The van der Waals surface area contributed by atoms with Crippen LogP contribution in [0.1, 0.15) is 32.6 Å². The van der Waals surface area contributed by atoms with E-state index in [0.717, 1.165) is 30.2 Å². The average molecular weight is 394 g/mol. The Balaban J connectivity index is 2.19. The zero-order chi connectivity index (χ0) is 13.9. The highest BCUT2D eigenvalue weighted by Crippen LogP contribution is 2.66. The van der Waals surface area contributed by atoms with Crippen LogP contribution < -0.4 is 0 Å². The lowest BCUT2D eigenvalue weighted by Gasteiger charge is -2.66. The highest BCUT2D eigenvalue weighted by molar-refractivity contribution is 9.11. The summed E-state index contributed by atoms with van der Waals surface area (Å²) >= 11 is 6.92. The van der Waals surface area contributed by atoms with Crippen LogP contribution in [0.4, 0.5) is 0 Å². The summed E-state index contributed by atoms with van der Waals surface area (Å²) in [5.74, 6) is -0.0593. The second kappa shape index (κ2) is 4.39. The molecule has 0 amide bonds. The maximum atomic E-state index is 12.7. The van der Waals surface area contributed by atoms with Crippen molar-refractivity contribution in [3.63, 3.8) is 0 Å². The van der Waals surface area contributed by atoms with E-state index >= 15 is 0 Å².